The summed E-state index contributed by atoms with van der Waals surface area (Å²) >= 11 is 6.37. The van der Waals surface area contributed by atoms with Crippen LogP contribution in [0, 0.1) is 6.92 Å². The monoisotopic (exact) mass is 355 g/mol. The molecule has 0 atom stereocenters. The van der Waals surface area contributed by atoms with E-state index in [1.807, 2.05) is 43.6 Å². The number of aromatic nitrogens is 3. The molecule has 6 heteroatoms. The van der Waals surface area contributed by atoms with Crippen molar-refractivity contribution in [2.24, 2.45) is 7.05 Å². The highest BCUT2D eigenvalue weighted by atomic mass is 35.5. The summed E-state index contributed by atoms with van der Waals surface area (Å²) in [6.45, 7) is 1.78. The molecule has 0 unspecified atom stereocenters. The number of hydrogen-bond donors (Lipinski definition) is 0. The summed E-state index contributed by atoms with van der Waals surface area (Å²) in [6, 6.07) is 11.8. The molecule has 1 aromatic carbocycles. The van der Waals surface area contributed by atoms with Crippen LogP contribution in [0.1, 0.15) is 27.3 Å². The maximum absolute atomic E-state index is 11.7. The van der Waals surface area contributed by atoms with E-state index < -0.39 is 5.97 Å². The quantitative estimate of drug-likeness (QED) is 0.667. The number of halogens is 1. The average molecular weight is 356 g/mol. The van der Waals surface area contributed by atoms with Crippen LogP contribution in [0.4, 0.5) is 0 Å². The molecule has 5 nitrogen and oxygen atoms in total. The fraction of sp³-hybridized carbons (Fsp3) is 0.211. The van der Waals surface area contributed by atoms with Gasteiger partial charge in [-0.2, -0.15) is 5.10 Å². The molecule has 2 aromatic heterocycles. The number of carbonyl (C=O) groups is 1. The van der Waals surface area contributed by atoms with Crippen molar-refractivity contribution in [1.29, 1.82) is 0 Å². The van der Waals surface area contributed by atoms with Crippen molar-refractivity contribution >= 4 is 17.6 Å². The predicted molar refractivity (Wildman–Crippen MR) is 96.8 cm³/mol. The number of nitrogens with zero attached hydrogens (tertiary/aromatic N) is 3. The molecule has 0 radical (unpaired) electrons. The van der Waals surface area contributed by atoms with Gasteiger partial charge in [-0.25, -0.2) is 9.78 Å². The number of benzene rings is 1. The van der Waals surface area contributed by atoms with Crippen LogP contribution in [-0.2, 0) is 18.2 Å². The summed E-state index contributed by atoms with van der Waals surface area (Å²) in [7, 11) is 3.23. The Morgan fingerprint density at radius 2 is 1.96 bits per heavy atom. The van der Waals surface area contributed by atoms with Crippen molar-refractivity contribution in [3.8, 4) is 11.3 Å². The molecule has 0 fully saturated rings. The minimum absolute atomic E-state index is 0.268. The van der Waals surface area contributed by atoms with Crippen LogP contribution in [0.15, 0.2) is 42.6 Å². The highest BCUT2D eigenvalue weighted by molar-refractivity contribution is 6.32. The second-order valence-corrected chi connectivity index (χ2v) is 6.18. The lowest BCUT2D eigenvalue weighted by atomic mass is 10.0. The molecule has 0 aliphatic rings. The van der Waals surface area contributed by atoms with Gasteiger partial charge < -0.3 is 4.74 Å². The van der Waals surface area contributed by atoms with Gasteiger partial charge in [-0.15, -0.1) is 0 Å². The van der Waals surface area contributed by atoms with E-state index >= 15 is 0 Å². The van der Waals surface area contributed by atoms with Gasteiger partial charge in [0, 0.05) is 18.8 Å². The molecule has 0 bridgehead atoms. The third kappa shape index (κ3) is 3.72. The maximum Gasteiger partial charge on any atom is 0.356 e. The lowest BCUT2D eigenvalue weighted by molar-refractivity contribution is 0.0593. The summed E-state index contributed by atoms with van der Waals surface area (Å²) in [4.78, 5) is 15.9. The van der Waals surface area contributed by atoms with Crippen molar-refractivity contribution in [1.82, 2.24) is 14.8 Å². The van der Waals surface area contributed by atoms with Gasteiger partial charge >= 0.3 is 5.97 Å². The second-order valence-electron chi connectivity index (χ2n) is 5.81. The maximum atomic E-state index is 11.7. The summed E-state index contributed by atoms with van der Waals surface area (Å²) in [5, 5.41) is 4.97. The first-order valence-electron chi connectivity index (χ1n) is 7.81. The Kier molecular flexibility index (Phi) is 4.86. The van der Waals surface area contributed by atoms with E-state index in [-0.39, 0.29) is 5.69 Å². The topological polar surface area (TPSA) is 57.0 Å². The number of esters is 1. The predicted octanol–water partition coefficient (Wildman–Crippen LogP) is 3.82. The molecule has 3 rings (SSSR count). The van der Waals surface area contributed by atoms with Crippen LogP contribution >= 0.6 is 11.6 Å². The van der Waals surface area contributed by atoms with Crippen molar-refractivity contribution in [3.63, 3.8) is 0 Å². The Balaban J connectivity index is 1.87. The molecule has 25 heavy (non-hydrogen) atoms. The van der Waals surface area contributed by atoms with E-state index in [4.69, 9.17) is 16.3 Å². The fourth-order valence-electron chi connectivity index (χ4n) is 2.64. The molecule has 0 aliphatic heterocycles. The number of ether oxygens (including phenoxy) is 1. The molecule has 0 N–H and O–H groups in total. The third-order valence-electron chi connectivity index (χ3n) is 3.95. The highest BCUT2D eigenvalue weighted by Gasteiger charge is 2.14. The van der Waals surface area contributed by atoms with Gasteiger partial charge in [-0.05, 0) is 36.6 Å². The lowest BCUT2D eigenvalue weighted by Crippen LogP contribution is -2.07. The van der Waals surface area contributed by atoms with Crippen molar-refractivity contribution < 1.29 is 9.53 Å². The zero-order valence-electron chi connectivity index (χ0n) is 14.3. The van der Waals surface area contributed by atoms with Crippen molar-refractivity contribution in [3.05, 3.63) is 70.1 Å². The molecule has 3 aromatic rings. The van der Waals surface area contributed by atoms with Crippen LogP contribution < -0.4 is 0 Å². The van der Waals surface area contributed by atoms with Crippen LogP contribution in [-0.4, -0.2) is 27.8 Å². The molecular weight excluding hydrogens is 338 g/mol. The molecule has 0 amide bonds. The summed E-state index contributed by atoms with van der Waals surface area (Å²) in [5.41, 5.74) is 4.80. The first-order valence-corrected chi connectivity index (χ1v) is 8.19. The van der Waals surface area contributed by atoms with Gasteiger partial charge in [-0.3, -0.25) is 4.68 Å². The van der Waals surface area contributed by atoms with Crippen LogP contribution in [0.2, 0.25) is 5.02 Å². The Hall–Kier alpha value is -2.66. The molecule has 0 saturated heterocycles. The zero-order chi connectivity index (χ0) is 18.0. The van der Waals surface area contributed by atoms with Gasteiger partial charge in [0.25, 0.3) is 0 Å². The van der Waals surface area contributed by atoms with Crippen LogP contribution in [0.25, 0.3) is 11.3 Å². The number of methoxy groups -OCH3 is 1. The molecule has 0 saturated carbocycles. The zero-order valence-corrected chi connectivity index (χ0v) is 15.0. The van der Waals surface area contributed by atoms with E-state index in [1.165, 1.54) is 7.11 Å². The van der Waals surface area contributed by atoms with Crippen molar-refractivity contribution in [2.45, 2.75) is 13.3 Å². The van der Waals surface area contributed by atoms with E-state index in [9.17, 15) is 4.79 Å². The summed E-state index contributed by atoms with van der Waals surface area (Å²) in [6.07, 6.45) is 2.52. The number of carbonyl (C=O) groups excluding carboxylic acids is 1. The molecular formula is C19H18ClN3O2. The van der Waals surface area contributed by atoms with E-state index in [2.05, 4.69) is 10.1 Å². The Morgan fingerprint density at radius 1 is 1.24 bits per heavy atom. The first-order chi connectivity index (χ1) is 12.0. The standard InChI is InChI=1S/C19H18ClN3O2/c1-12-18(20)15(11-17(21-12)19(24)25-3)10-13-4-6-14(7-5-13)16-8-9-23(2)22-16/h4-9,11H,10H2,1-3H3. The third-order valence-corrected chi connectivity index (χ3v) is 4.47. The smallest absolute Gasteiger partial charge is 0.356 e. The lowest BCUT2D eigenvalue weighted by Gasteiger charge is -2.10. The Morgan fingerprint density at radius 3 is 2.56 bits per heavy atom. The number of aryl methyl sites for hydroxylation is 2. The molecule has 0 spiro atoms. The number of pyridine rings is 1. The van der Waals surface area contributed by atoms with E-state index in [1.54, 1.807) is 17.7 Å². The van der Waals surface area contributed by atoms with Gasteiger partial charge in [0.1, 0.15) is 5.69 Å². The molecule has 0 aliphatic carbocycles. The molecule has 128 valence electrons. The second kappa shape index (κ2) is 7.07. The minimum atomic E-state index is -0.466. The normalized spacial score (nSPS) is 10.7. The Bertz CT molecular complexity index is 917. The van der Waals surface area contributed by atoms with Crippen LogP contribution in [0.3, 0.4) is 0 Å². The van der Waals surface area contributed by atoms with E-state index in [0.717, 1.165) is 22.4 Å². The average Bonchev–Trinajstić information content (AvgIpc) is 3.05. The number of hydrogen-bond acceptors (Lipinski definition) is 4. The largest absolute Gasteiger partial charge is 0.464 e. The summed E-state index contributed by atoms with van der Waals surface area (Å²) < 4.78 is 6.52. The molecule has 2 heterocycles. The fourth-order valence-corrected chi connectivity index (χ4v) is 2.81. The van der Waals surface area contributed by atoms with Crippen molar-refractivity contribution in [2.75, 3.05) is 7.11 Å². The first kappa shape index (κ1) is 17.2. The van der Waals surface area contributed by atoms with E-state index in [0.29, 0.717) is 17.1 Å². The SMILES string of the molecule is COC(=O)c1cc(Cc2ccc(-c3ccn(C)n3)cc2)c(Cl)c(C)n1. The van der Waals surface area contributed by atoms with Gasteiger partial charge in [0.15, 0.2) is 0 Å². The van der Waals surface area contributed by atoms with Gasteiger partial charge in [0.05, 0.1) is 23.5 Å². The highest BCUT2D eigenvalue weighted by Crippen LogP contribution is 2.25. The number of rotatable bonds is 4. The van der Waals surface area contributed by atoms with Crippen LogP contribution in [0.5, 0.6) is 0 Å². The van der Waals surface area contributed by atoms with Gasteiger partial charge in [0.2, 0.25) is 0 Å². The Labute approximate surface area is 151 Å². The summed E-state index contributed by atoms with van der Waals surface area (Å²) in [5.74, 6) is -0.466. The van der Waals surface area contributed by atoms with Gasteiger partial charge in [-0.1, -0.05) is 35.9 Å². The minimum Gasteiger partial charge on any atom is -0.464 e.